The maximum absolute atomic E-state index is 11.4. The third kappa shape index (κ3) is 2.41. The van der Waals surface area contributed by atoms with Crippen molar-refractivity contribution >= 4 is 22.6 Å². The van der Waals surface area contributed by atoms with Crippen LogP contribution in [0.4, 0.5) is 5.82 Å². The number of pyridine rings is 1. The second-order valence-electron chi connectivity index (χ2n) is 4.22. The predicted octanol–water partition coefficient (Wildman–Crippen LogP) is 1.09. The molecule has 0 aliphatic carbocycles. The molecule has 1 amide bonds. The van der Waals surface area contributed by atoms with Crippen molar-refractivity contribution in [1.82, 2.24) is 4.98 Å². The monoisotopic (exact) mass is 244 g/mol. The highest BCUT2D eigenvalue weighted by Crippen LogP contribution is 2.20. The molecule has 2 rings (SSSR count). The number of carbonyl (C=O) groups excluding carboxylic acids is 1. The quantitative estimate of drug-likeness (QED) is 0.750. The normalized spacial score (nSPS) is 12.3. The molecule has 94 valence electrons. The molecule has 1 aromatic carbocycles. The molecule has 5 nitrogen and oxygen atoms in total. The number of nitrogens with one attached hydrogen (secondary N) is 1. The van der Waals surface area contributed by atoms with E-state index in [1.165, 1.54) is 0 Å². The fraction of sp³-hybridized carbons (Fsp3) is 0.231. The highest BCUT2D eigenvalue weighted by molar-refractivity contribution is 6.01. The Morgan fingerprint density at radius 3 is 2.83 bits per heavy atom. The van der Waals surface area contributed by atoms with Gasteiger partial charge in [-0.2, -0.15) is 0 Å². The van der Waals surface area contributed by atoms with Crippen molar-refractivity contribution in [3.05, 3.63) is 35.9 Å². The van der Waals surface area contributed by atoms with Crippen LogP contribution < -0.4 is 16.8 Å². The summed E-state index contributed by atoms with van der Waals surface area (Å²) in [6.07, 6.45) is 0. The van der Waals surface area contributed by atoms with E-state index in [-0.39, 0.29) is 6.04 Å². The van der Waals surface area contributed by atoms with Crippen LogP contribution in [-0.2, 0) is 0 Å². The lowest BCUT2D eigenvalue weighted by molar-refractivity contribution is 0.100. The molecule has 1 unspecified atom stereocenters. The van der Waals surface area contributed by atoms with Crippen LogP contribution in [0, 0.1) is 0 Å². The van der Waals surface area contributed by atoms with E-state index in [4.69, 9.17) is 11.5 Å². The second kappa shape index (κ2) is 5.01. The topological polar surface area (TPSA) is 94.0 Å². The number of benzene rings is 1. The van der Waals surface area contributed by atoms with Gasteiger partial charge in [-0.05, 0) is 19.1 Å². The number of amides is 1. The minimum Gasteiger partial charge on any atom is -0.366 e. The van der Waals surface area contributed by atoms with Crippen molar-refractivity contribution in [2.45, 2.75) is 13.0 Å². The Morgan fingerprint density at radius 1 is 1.44 bits per heavy atom. The number of hydrogen-bond donors (Lipinski definition) is 3. The zero-order chi connectivity index (χ0) is 13.1. The largest absolute Gasteiger partial charge is 0.366 e. The number of anilines is 1. The molecule has 0 radical (unpaired) electrons. The average Bonchev–Trinajstić information content (AvgIpc) is 2.37. The second-order valence-corrected chi connectivity index (χ2v) is 4.22. The molecule has 1 atom stereocenters. The maximum atomic E-state index is 11.4. The molecule has 0 fully saturated rings. The van der Waals surface area contributed by atoms with Crippen LogP contribution in [0.15, 0.2) is 30.3 Å². The Hall–Kier alpha value is -2.14. The summed E-state index contributed by atoms with van der Waals surface area (Å²) in [4.78, 5) is 15.9. The van der Waals surface area contributed by atoms with E-state index in [1.807, 2.05) is 31.2 Å². The minimum absolute atomic E-state index is 0.0248. The molecular weight excluding hydrogens is 228 g/mol. The molecule has 5 heteroatoms. The van der Waals surface area contributed by atoms with Crippen molar-refractivity contribution in [2.75, 3.05) is 11.9 Å². The fourth-order valence-electron chi connectivity index (χ4n) is 1.71. The van der Waals surface area contributed by atoms with Gasteiger partial charge in [-0.25, -0.2) is 4.98 Å². The molecule has 0 saturated heterocycles. The van der Waals surface area contributed by atoms with E-state index < -0.39 is 5.91 Å². The lowest BCUT2D eigenvalue weighted by Gasteiger charge is -2.15. The van der Waals surface area contributed by atoms with Crippen LogP contribution in [0.25, 0.3) is 10.9 Å². The van der Waals surface area contributed by atoms with E-state index in [1.54, 1.807) is 6.07 Å². The Balaban J connectivity index is 2.54. The number of aromatic nitrogens is 1. The van der Waals surface area contributed by atoms with E-state index in [2.05, 4.69) is 10.3 Å². The van der Waals surface area contributed by atoms with Gasteiger partial charge in [-0.1, -0.05) is 18.2 Å². The summed E-state index contributed by atoms with van der Waals surface area (Å²) >= 11 is 0. The lowest BCUT2D eigenvalue weighted by Crippen LogP contribution is -2.27. The number of hydrogen-bond acceptors (Lipinski definition) is 4. The van der Waals surface area contributed by atoms with Gasteiger partial charge in [0.15, 0.2) is 0 Å². The molecule has 5 N–H and O–H groups in total. The number of primary amides is 1. The molecule has 0 saturated carbocycles. The highest BCUT2D eigenvalue weighted by Gasteiger charge is 2.13. The van der Waals surface area contributed by atoms with Gasteiger partial charge < -0.3 is 16.8 Å². The number of nitrogens with two attached hydrogens (primary N) is 2. The van der Waals surface area contributed by atoms with Crippen LogP contribution in [-0.4, -0.2) is 23.5 Å². The van der Waals surface area contributed by atoms with Gasteiger partial charge in [0.05, 0.1) is 11.1 Å². The summed E-state index contributed by atoms with van der Waals surface area (Å²) in [6, 6.07) is 9.34. The Morgan fingerprint density at radius 2 is 2.17 bits per heavy atom. The molecule has 1 aromatic heterocycles. The first-order valence-corrected chi connectivity index (χ1v) is 5.78. The van der Waals surface area contributed by atoms with Gasteiger partial charge >= 0.3 is 0 Å². The summed E-state index contributed by atoms with van der Waals surface area (Å²) in [6.45, 7) is 2.37. The van der Waals surface area contributed by atoms with E-state index in [9.17, 15) is 4.79 Å². The fourth-order valence-corrected chi connectivity index (χ4v) is 1.71. The molecule has 0 spiro atoms. The zero-order valence-electron chi connectivity index (χ0n) is 10.2. The van der Waals surface area contributed by atoms with Crippen LogP contribution in [0.1, 0.15) is 17.3 Å². The van der Waals surface area contributed by atoms with Crippen molar-refractivity contribution in [3.8, 4) is 0 Å². The number of nitrogens with zero attached hydrogens (tertiary/aromatic N) is 1. The average molecular weight is 244 g/mol. The van der Waals surface area contributed by atoms with Crippen LogP contribution in [0.3, 0.4) is 0 Å². The Kier molecular flexibility index (Phi) is 3.43. The van der Waals surface area contributed by atoms with E-state index in [0.29, 0.717) is 17.9 Å². The Bertz CT molecular complexity index is 582. The summed E-state index contributed by atoms with van der Waals surface area (Å²) in [5.74, 6) is -0.0147. The van der Waals surface area contributed by atoms with Gasteiger partial charge in [0.25, 0.3) is 5.91 Å². The summed E-state index contributed by atoms with van der Waals surface area (Å²) < 4.78 is 0. The van der Waals surface area contributed by atoms with Crippen LogP contribution >= 0.6 is 0 Å². The summed E-state index contributed by atoms with van der Waals surface area (Å²) in [7, 11) is 0. The molecular formula is C13H16N4O. The molecule has 0 bridgehead atoms. The number of para-hydroxylation sites is 1. The minimum atomic E-state index is -0.500. The Labute approximate surface area is 105 Å². The first-order valence-electron chi connectivity index (χ1n) is 5.78. The van der Waals surface area contributed by atoms with E-state index in [0.717, 1.165) is 10.9 Å². The molecule has 0 aliphatic rings. The molecule has 1 heterocycles. The number of rotatable bonds is 4. The third-order valence-electron chi connectivity index (χ3n) is 2.73. The SMILES string of the molecule is CC(CN)Nc1nc2ccccc2cc1C(N)=O. The third-order valence-corrected chi connectivity index (χ3v) is 2.73. The molecule has 2 aromatic rings. The maximum Gasteiger partial charge on any atom is 0.252 e. The smallest absolute Gasteiger partial charge is 0.252 e. The molecule has 0 aliphatic heterocycles. The lowest BCUT2D eigenvalue weighted by atomic mass is 10.1. The van der Waals surface area contributed by atoms with Crippen molar-refractivity contribution < 1.29 is 4.79 Å². The summed E-state index contributed by atoms with van der Waals surface area (Å²) in [5, 5.41) is 3.98. The van der Waals surface area contributed by atoms with Crippen molar-refractivity contribution in [1.29, 1.82) is 0 Å². The molecule has 18 heavy (non-hydrogen) atoms. The first kappa shape index (κ1) is 12.3. The van der Waals surface area contributed by atoms with Gasteiger partial charge in [0.1, 0.15) is 5.82 Å². The van der Waals surface area contributed by atoms with Gasteiger partial charge in [-0.3, -0.25) is 4.79 Å². The zero-order valence-corrected chi connectivity index (χ0v) is 10.2. The predicted molar refractivity (Wildman–Crippen MR) is 72.4 cm³/mol. The van der Waals surface area contributed by atoms with Gasteiger partial charge in [0, 0.05) is 18.0 Å². The van der Waals surface area contributed by atoms with Gasteiger partial charge in [0.2, 0.25) is 0 Å². The van der Waals surface area contributed by atoms with Gasteiger partial charge in [-0.15, -0.1) is 0 Å². The standard InChI is InChI=1S/C13H16N4O/c1-8(7-14)16-13-10(12(15)18)6-9-4-2-3-5-11(9)17-13/h2-6,8H,7,14H2,1H3,(H2,15,18)(H,16,17). The first-order chi connectivity index (χ1) is 8.61. The van der Waals surface area contributed by atoms with Crippen molar-refractivity contribution in [3.63, 3.8) is 0 Å². The number of carbonyl (C=O) groups is 1. The highest BCUT2D eigenvalue weighted by atomic mass is 16.1. The van der Waals surface area contributed by atoms with Crippen LogP contribution in [0.2, 0.25) is 0 Å². The summed E-state index contributed by atoms with van der Waals surface area (Å²) in [5.41, 5.74) is 12.1. The van der Waals surface area contributed by atoms with Crippen LogP contribution in [0.5, 0.6) is 0 Å². The number of fused-ring (bicyclic) bond motifs is 1. The van der Waals surface area contributed by atoms with E-state index >= 15 is 0 Å². The van der Waals surface area contributed by atoms with Crippen molar-refractivity contribution in [2.24, 2.45) is 11.5 Å².